The van der Waals surface area contributed by atoms with Gasteiger partial charge >= 0.3 is 0 Å². The van der Waals surface area contributed by atoms with Crippen molar-refractivity contribution in [2.75, 3.05) is 0 Å². The highest BCUT2D eigenvalue weighted by Gasteiger charge is 2.08. The van der Waals surface area contributed by atoms with Crippen LogP contribution in [0.5, 0.6) is 0 Å². The summed E-state index contributed by atoms with van der Waals surface area (Å²) in [4.78, 5) is 7.48. The fourth-order valence-electron chi connectivity index (χ4n) is 2.18. The van der Waals surface area contributed by atoms with Gasteiger partial charge in [-0.1, -0.05) is 12.1 Å². The second-order valence-corrected chi connectivity index (χ2v) is 6.14. The van der Waals surface area contributed by atoms with Crippen LogP contribution in [0.2, 0.25) is 0 Å². The maximum atomic E-state index is 11.2. The number of sulfonamides is 1. The fraction of sp³-hybridized carbons (Fsp3) is 0.0714. The van der Waals surface area contributed by atoms with Gasteiger partial charge in [0.25, 0.3) is 0 Å². The number of hydrogen-bond acceptors (Lipinski definition) is 3. The van der Waals surface area contributed by atoms with Crippen molar-refractivity contribution in [3.05, 3.63) is 59.9 Å². The summed E-state index contributed by atoms with van der Waals surface area (Å²) in [7, 11) is -3.63. The summed E-state index contributed by atoms with van der Waals surface area (Å²) in [6.07, 6.45) is 4.37. The predicted molar refractivity (Wildman–Crippen MR) is 76.7 cm³/mol. The first kappa shape index (κ1) is 12.8. The second kappa shape index (κ2) is 4.73. The molecule has 0 saturated carbocycles. The van der Waals surface area contributed by atoms with Gasteiger partial charge in [0.15, 0.2) is 0 Å². The molecule has 6 heteroatoms. The van der Waals surface area contributed by atoms with Gasteiger partial charge < -0.3 is 4.98 Å². The molecule has 1 aromatic carbocycles. The number of primary sulfonamides is 1. The SMILES string of the molecule is NS(=O)(=O)c1ccc(Cc2c[nH]c3ncccc23)cc1. The van der Waals surface area contributed by atoms with Crippen molar-refractivity contribution in [2.45, 2.75) is 11.3 Å². The van der Waals surface area contributed by atoms with Gasteiger partial charge in [-0.25, -0.2) is 18.5 Å². The van der Waals surface area contributed by atoms with Crippen molar-refractivity contribution in [1.82, 2.24) is 9.97 Å². The van der Waals surface area contributed by atoms with Crippen LogP contribution in [0, 0.1) is 0 Å². The highest BCUT2D eigenvalue weighted by molar-refractivity contribution is 7.89. The molecule has 102 valence electrons. The monoisotopic (exact) mass is 287 g/mol. The van der Waals surface area contributed by atoms with Gasteiger partial charge in [-0.3, -0.25) is 0 Å². The van der Waals surface area contributed by atoms with Gasteiger partial charge in [-0.05, 0) is 41.8 Å². The third kappa shape index (κ3) is 2.43. The van der Waals surface area contributed by atoms with Crippen molar-refractivity contribution < 1.29 is 8.42 Å². The molecule has 0 bridgehead atoms. The molecule has 20 heavy (non-hydrogen) atoms. The normalized spacial score (nSPS) is 11.8. The van der Waals surface area contributed by atoms with Crippen LogP contribution in [0.1, 0.15) is 11.1 Å². The molecule has 0 saturated heterocycles. The van der Waals surface area contributed by atoms with E-state index in [4.69, 9.17) is 5.14 Å². The lowest BCUT2D eigenvalue weighted by atomic mass is 10.1. The smallest absolute Gasteiger partial charge is 0.238 e. The van der Waals surface area contributed by atoms with Crippen LogP contribution >= 0.6 is 0 Å². The molecule has 0 atom stereocenters. The maximum Gasteiger partial charge on any atom is 0.238 e. The number of nitrogens with zero attached hydrogens (tertiary/aromatic N) is 1. The number of aromatic amines is 1. The first-order chi connectivity index (χ1) is 9.54. The summed E-state index contributed by atoms with van der Waals surface area (Å²) < 4.78 is 22.4. The summed E-state index contributed by atoms with van der Waals surface area (Å²) in [5.41, 5.74) is 2.99. The topological polar surface area (TPSA) is 88.8 Å². The standard InChI is InChI=1S/C14H13N3O2S/c15-20(18,19)12-5-3-10(4-6-12)8-11-9-17-14-13(11)2-1-7-16-14/h1-7,9H,8H2,(H,16,17)(H2,15,18,19). The molecule has 3 rings (SSSR count). The Morgan fingerprint density at radius 1 is 1.15 bits per heavy atom. The number of rotatable bonds is 3. The molecule has 0 radical (unpaired) electrons. The Bertz CT molecular complexity index is 852. The third-order valence-electron chi connectivity index (χ3n) is 3.18. The molecule has 3 N–H and O–H groups in total. The summed E-state index contributed by atoms with van der Waals surface area (Å²) in [6, 6.07) is 10.5. The van der Waals surface area contributed by atoms with E-state index in [2.05, 4.69) is 9.97 Å². The molecule has 5 nitrogen and oxygen atoms in total. The molecular formula is C14H13N3O2S. The van der Waals surface area contributed by atoms with Gasteiger partial charge in [-0.2, -0.15) is 0 Å². The molecule has 3 aromatic rings. The van der Waals surface area contributed by atoms with Crippen molar-refractivity contribution in [3.63, 3.8) is 0 Å². The highest BCUT2D eigenvalue weighted by Crippen LogP contribution is 2.20. The minimum Gasteiger partial charge on any atom is -0.346 e. The molecule has 0 unspecified atom stereocenters. The van der Waals surface area contributed by atoms with E-state index in [1.165, 1.54) is 12.1 Å². The quantitative estimate of drug-likeness (QED) is 0.769. The van der Waals surface area contributed by atoms with Crippen molar-refractivity contribution in [1.29, 1.82) is 0 Å². The van der Waals surface area contributed by atoms with E-state index >= 15 is 0 Å². The Kier molecular flexibility index (Phi) is 3.04. The van der Waals surface area contributed by atoms with E-state index in [1.807, 2.05) is 18.3 Å². The van der Waals surface area contributed by atoms with E-state index < -0.39 is 10.0 Å². The average Bonchev–Trinajstić information content (AvgIpc) is 2.82. The van der Waals surface area contributed by atoms with Gasteiger partial charge in [0.2, 0.25) is 10.0 Å². The average molecular weight is 287 g/mol. The Hall–Kier alpha value is -2.18. The van der Waals surface area contributed by atoms with Gasteiger partial charge in [0.1, 0.15) is 5.65 Å². The lowest BCUT2D eigenvalue weighted by Crippen LogP contribution is -2.11. The van der Waals surface area contributed by atoms with E-state index in [-0.39, 0.29) is 4.90 Å². The second-order valence-electron chi connectivity index (χ2n) is 4.58. The fourth-order valence-corrected chi connectivity index (χ4v) is 2.69. The zero-order valence-electron chi connectivity index (χ0n) is 10.6. The first-order valence-electron chi connectivity index (χ1n) is 6.07. The van der Waals surface area contributed by atoms with Crippen molar-refractivity contribution in [2.24, 2.45) is 5.14 Å². The van der Waals surface area contributed by atoms with Crippen LogP contribution in [-0.4, -0.2) is 18.4 Å². The zero-order valence-corrected chi connectivity index (χ0v) is 11.4. The van der Waals surface area contributed by atoms with E-state index in [0.717, 1.165) is 22.2 Å². The largest absolute Gasteiger partial charge is 0.346 e. The molecular weight excluding hydrogens is 274 g/mol. The lowest BCUT2D eigenvalue weighted by Gasteiger charge is -2.02. The van der Waals surface area contributed by atoms with Gasteiger partial charge in [0.05, 0.1) is 4.90 Å². The zero-order chi connectivity index (χ0) is 14.2. The molecule has 0 aliphatic heterocycles. The number of nitrogens with one attached hydrogen (secondary N) is 1. The minimum absolute atomic E-state index is 0.127. The number of H-pyrrole nitrogens is 1. The van der Waals surface area contributed by atoms with Crippen LogP contribution in [0.15, 0.2) is 53.7 Å². The van der Waals surface area contributed by atoms with Gasteiger partial charge in [0, 0.05) is 17.8 Å². The van der Waals surface area contributed by atoms with Crippen LogP contribution in [-0.2, 0) is 16.4 Å². The summed E-state index contributed by atoms with van der Waals surface area (Å²) >= 11 is 0. The number of fused-ring (bicyclic) bond motifs is 1. The Balaban J connectivity index is 1.92. The van der Waals surface area contributed by atoms with E-state index in [9.17, 15) is 8.42 Å². The number of hydrogen-bond donors (Lipinski definition) is 2. The van der Waals surface area contributed by atoms with E-state index in [1.54, 1.807) is 18.3 Å². The molecule has 2 aromatic heterocycles. The number of pyridine rings is 1. The lowest BCUT2D eigenvalue weighted by molar-refractivity contribution is 0.598. The van der Waals surface area contributed by atoms with Crippen LogP contribution in [0.3, 0.4) is 0 Å². The molecule has 2 heterocycles. The van der Waals surface area contributed by atoms with Crippen LogP contribution < -0.4 is 5.14 Å². The number of aromatic nitrogens is 2. The molecule has 0 aliphatic rings. The minimum atomic E-state index is -3.63. The summed E-state index contributed by atoms with van der Waals surface area (Å²) in [5, 5.41) is 6.15. The maximum absolute atomic E-state index is 11.2. The third-order valence-corrected chi connectivity index (χ3v) is 4.11. The predicted octanol–water partition coefficient (Wildman–Crippen LogP) is 1.80. The molecule has 0 amide bonds. The van der Waals surface area contributed by atoms with Crippen molar-refractivity contribution >= 4 is 21.1 Å². The highest BCUT2D eigenvalue weighted by atomic mass is 32.2. The Labute approximate surface area is 116 Å². The molecule has 0 spiro atoms. The Morgan fingerprint density at radius 3 is 2.60 bits per heavy atom. The van der Waals surface area contributed by atoms with E-state index in [0.29, 0.717) is 6.42 Å². The summed E-state index contributed by atoms with van der Waals surface area (Å²) in [6.45, 7) is 0. The Morgan fingerprint density at radius 2 is 1.90 bits per heavy atom. The molecule has 0 aliphatic carbocycles. The number of nitrogens with two attached hydrogens (primary N) is 1. The first-order valence-corrected chi connectivity index (χ1v) is 7.61. The van der Waals surface area contributed by atoms with Crippen LogP contribution in [0.4, 0.5) is 0 Å². The van der Waals surface area contributed by atoms with Gasteiger partial charge in [-0.15, -0.1) is 0 Å². The molecule has 0 fully saturated rings. The van der Waals surface area contributed by atoms with Crippen LogP contribution in [0.25, 0.3) is 11.0 Å². The summed E-state index contributed by atoms with van der Waals surface area (Å²) in [5.74, 6) is 0. The number of benzene rings is 1. The van der Waals surface area contributed by atoms with Crippen molar-refractivity contribution in [3.8, 4) is 0 Å².